The van der Waals surface area contributed by atoms with Gasteiger partial charge in [0.05, 0.1) is 18.2 Å². The molecular weight excluding hydrogens is 290 g/mol. The average Bonchev–Trinajstić information content (AvgIpc) is 2.63. The van der Waals surface area contributed by atoms with Crippen molar-refractivity contribution in [2.24, 2.45) is 5.92 Å². The van der Waals surface area contributed by atoms with E-state index in [4.69, 9.17) is 0 Å². The lowest BCUT2D eigenvalue weighted by Crippen LogP contribution is -2.40. The van der Waals surface area contributed by atoms with Gasteiger partial charge in [-0.25, -0.2) is 0 Å². The standard InChI is InChI=1S/C18H21N3O2/c22-17(13-15-5-1-3-9-19-15)21-11-7-14(8-12-21)18(23)16-6-2-4-10-20-16/h1-6,9-10,14,18,23H,7-8,11-13H2. The molecule has 5 nitrogen and oxygen atoms in total. The zero-order valence-electron chi connectivity index (χ0n) is 13.0. The third kappa shape index (κ3) is 3.93. The van der Waals surface area contributed by atoms with Crippen molar-refractivity contribution < 1.29 is 9.90 Å². The molecule has 3 heterocycles. The Kier molecular flexibility index (Phi) is 4.98. The van der Waals surface area contributed by atoms with E-state index in [1.807, 2.05) is 41.3 Å². The summed E-state index contributed by atoms with van der Waals surface area (Å²) in [6.07, 6.45) is 4.79. The predicted molar refractivity (Wildman–Crippen MR) is 86.4 cm³/mol. The molecule has 1 unspecified atom stereocenters. The molecule has 1 amide bonds. The van der Waals surface area contributed by atoms with Crippen molar-refractivity contribution >= 4 is 5.91 Å². The van der Waals surface area contributed by atoms with Crippen molar-refractivity contribution in [2.75, 3.05) is 13.1 Å². The summed E-state index contributed by atoms with van der Waals surface area (Å²) in [6, 6.07) is 11.2. The van der Waals surface area contributed by atoms with Gasteiger partial charge in [-0.15, -0.1) is 0 Å². The largest absolute Gasteiger partial charge is 0.387 e. The van der Waals surface area contributed by atoms with Gasteiger partial charge in [-0.3, -0.25) is 14.8 Å². The van der Waals surface area contributed by atoms with Crippen LogP contribution in [0.5, 0.6) is 0 Å². The third-order valence-electron chi connectivity index (χ3n) is 4.39. The van der Waals surface area contributed by atoms with E-state index < -0.39 is 6.10 Å². The molecule has 0 aromatic carbocycles. The molecule has 2 aromatic heterocycles. The van der Waals surface area contributed by atoms with E-state index in [1.54, 1.807) is 12.4 Å². The maximum atomic E-state index is 12.3. The summed E-state index contributed by atoms with van der Waals surface area (Å²) in [5.74, 6) is 0.262. The lowest BCUT2D eigenvalue weighted by atomic mass is 9.89. The van der Waals surface area contributed by atoms with Crippen LogP contribution in [0.1, 0.15) is 30.3 Å². The van der Waals surface area contributed by atoms with E-state index in [9.17, 15) is 9.90 Å². The molecule has 0 spiro atoms. The van der Waals surface area contributed by atoms with Crippen molar-refractivity contribution in [1.82, 2.24) is 14.9 Å². The van der Waals surface area contributed by atoms with Gasteiger partial charge in [-0.2, -0.15) is 0 Å². The fraction of sp³-hybridized carbons (Fsp3) is 0.389. The van der Waals surface area contributed by atoms with Crippen LogP contribution in [-0.2, 0) is 11.2 Å². The minimum atomic E-state index is -0.552. The number of hydrogen-bond donors (Lipinski definition) is 1. The van der Waals surface area contributed by atoms with Gasteiger partial charge in [0, 0.05) is 31.2 Å². The van der Waals surface area contributed by atoms with Crippen LogP contribution in [0.25, 0.3) is 0 Å². The first-order valence-corrected chi connectivity index (χ1v) is 8.00. The van der Waals surface area contributed by atoms with Gasteiger partial charge in [0.2, 0.25) is 5.91 Å². The fourth-order valence-corrected chi connectivity index (χ4v) is 3.03. The smallest absolute Gasteiger partial charge is 0.228 e. The molecule has 0 bridgehead atoms. The number of carbonyl (C=O) groups is 1. The summed E-state index contributed by atoms with van der Waals surface area (Å²) in [4.78, 5) is 22.6. The van der Waals surface area contributed by atoms with Crippen molar-refractivity contribution in [3.8, 4) is 0 Å². The minimum absolute atomic E-state index is 0.106. The molecule has 1 fully saturated rings. The maximum absolute atomic E-state index is 12.3. The summed E-state index contributed by atoms with van der Waals surface area (Å²) >= 11 is 0. The Morgan fingerprint density at radius 2 is 1.83 bits per heavy atom. The Morgan fingerprint density at radius 1 is 1.13 bits per heavy atom. The average molecular weight is 311 g/mol. The number of aliphatic hydroxyl groups excluding tert-OH is 1. The van der Waals surface area contributed by atoms with Gasteiger partial charge in [-0.05, 0) is 43.0 Å². The Bertz CT molecular complexity index is 625. The zero-order valence-corrected chi connectivity index (χ0v) is 13.0. The summed E-state index contributed by atoms with van der Waals surface area (Å²) < 4.78 is 0. The van der Waals surface area contributed by atoms with E-state index in [2.05, 4.69) is 9.97 Å². The van der Waals surface area contributed by atoms with Crippen molar-refractivity contribution in [3.63, 3.8) is 0 Å². The fourth-order valence-electron chi connectivity index (χ4n) is 3.03. The van der Waals surface area contributed by atoms with Crippen molar-refractivity contribution in [1.29, 1.82) is 0 Å². The summed E-state index contributed by atoms with van der Waals surface area (Å²) in [5, 5.41) is 10.4. The van der Waals surface area contributed by atoms with E-state index in [1.165, 1.54) is 0 Å². The molecule has 0 radical (unpaired) electrons. The van der Waals surface area contributed by atoms with Crippen LogP contribution >= 0.6 is 0 Å². The van der Waals surface area contributed by atoms with Crippen molar-refractivity contribution in [2.45, 2.75) is 25.4 Å². The maximum Gasteiger partial charge on any atom is 0.228 e. The van der Waals surface area contributed by atoms with Crippen molar-refractivity contribution in [3.05, 3.63) is 60.2 Å². The van der Waals surface area contributed by atoms with Crippen LogP contribution in [-0.4, -0.2) is 39.0 Å². The second-order valence-corrected chi connectivity index (χ2v) is 5.92. The molecule has 0 saturated carbocycles. The Morgan fingerprint density at radius 3 is 2.43 bits per heavy atom. The molecule has 1 saturated heterocycles. The Balaban J connectivity index is 1.53. The first-order valence-electron chi connectivity index (χ1n) is 8.00. The summed E-state index contributed by atoms with van der Waals surface area (Å²) in [7, 11) is 0. The number of carbonyl (C=O) groups excluding carboxylic acids is 1. The number of aliphatic hydroxyl groups is 1. The molecule has 5 heteroatoms. The molecule has 1 aliphatic rings. The SMILES string of the molecule is O=C(Cc1ccccn1)N1CCC(C(O)c2ccccn2)CC1. The highest BCUT2D eigenvalue weighted by Crippen LogP contribution is 2.29. The molecular formula is C18H21N3O2. The van der Waals surface area contributed by atoms with E-state index in [-0.39, 0.29) is 11.8 Å². The van der Waals surface area contributed by atoms with Crippen LogP contribution in [0.15, 0.2) is 48.8 Å². The lowest BCUT2D eigenvalue weighted by Gasteiger charge is -2.34. The number of rotatable bonds is 4. The lowest BCUT2D eigenvalue weighted by molar-refractivity contribution is -0.132. The van der Waals surface area contributed by atoms with Gasteiger partial charge in [0.1, 0.15) is 0 Å². The van der Waals surface area contributed by atoms with Gasteiger partial charge in [-0.1, -0.05) is 12.1 Å². The van der Waals surface area contributed by atoms with Crippen LogP contribution in [0, 0.1) is 5.92 Å². The first-order chi connectivity index (χ1) is 11.2. The van der Waals surface area contributed by atoms with E-state index in [0.717, 1.165) is 18.5 Å². The number of amides is 1. The highest BCUT2D eigenvalue weighted by atomic mass is 16.3. The number of likely N-dealkylation sites (tertiary alicyclic amines) is 1. The minimum Gasteiger partial charge on any atom is -0.387 e. The topological polar surface area (TPSA) is 66.3 Å². The zero-order chi connectivity index (χ0) is 16.1. The molecule has 2 aromatic rings. The van der Waals surface area contributed by atoms with Crippen LogP contribution < -0.4 is 0 Å². The van der Waals surface area contributed by atoms with Gasteiger partial charge >= 0.3 is 0 Å². The number of pyridine rings is 2. The molecule has 23 heavy (non-hydrogen) atoms. The number of hydrogen-bond acceptors (Lipinski definition) is 4. The molecule has 1 atom stereocenters. The Hall–Kier alpha value is -2.27. The van der Waals surface area contributed by atoms with Crippen LogP contribution in [0.2, 0.25) is 0 Å². The van der Waals surface area contributed by atoms with Crippen LogP contribution in [0.4, 0.5) is 0 Å². The number of piperidine rings is 1. The number of nitrogens with zero attached hydrogens (tertiary/aromatic N) is 3. The predicted octanol–water partition coefficient (Wildman–Crippen LogP) is 1.99. The normalized spacial score (nSPS) is 17.0. The van der Waals surface area contributed by atoms with Gasteiger partial charge in [0.15, 0.2) is 0 Å². The van der Waals surface area contributed by atoms with E-state index in [0.29, 0.717) is 25.2 Å². The number of aromatic nitrogens is 2. The molecule has 3 rings (SSSR count). The highest BCUT2D eigenvalue weighted by molar-refractivity contribution is 5.78. The second-order valence-electron chi connectivity index (χ2n) is 5.92. The molecule has 120 valence electrons. The monoisotopic (exact) mass is 311 g/mol. The summed E-state index contributed by atoms with van der Waals surface area (Å²) in [5.41, 5.74) is 1.51. The van der Waals surface area contributed by atoms with Crippen LogP contribution in [0.3, 0.4) is 0 Å². The van der Waals surface area contributed by atoms with Gasteiger partial charge < -0.3 is 10.0 Å². The summed E-state index contributed by atoms with van der Waals surface area (Å²) in [6.45, 7) is 1.36. The molecule has 1 N–H and O–H groups in total. The molecule has 1 aliphatic heterocycles. The highest BCUT2D eigenvalue weighted by Gasteiger charge is 2.28. The Labute approximate surface area is 136 Å². The van der Waals surface area contributed by atoms with E-state index >= 15 is 0 Å². The van der Waals surface area contributed by atoms with Gasteiger partial charge in [0.25, 0.3) is 0 Å². The first kappa shape index (κ1) is 15.6. The third-order valence-corrected chi connectivity index (χ3v) is 4.39. The quantitative estimate of drug-likeness (QED) is 0.938. The molecule has 0 aliphatic carbocycles. The second kappa shape index (κ2) is 7.33.